The SMILES string of the molecule is CN(Cc1ccc(F)cc1)S(=O)(=O)c1cn(S(=O)(=O)N(C)C)c(C#N)n1. The van der Waals surface area contributed by atoms with Crippen LogP contribution >= 0.6 is 0 Å². The topological polar surface area (TPSA) is 116 Å². The fourth-order valence-corrected chi connectivity index (χ4v) is 4.02. The number of aromatic nitrogens is 2. The molecule has 0 saturated heterocycles. The van der Waals surface area contributed by atoms with Crippen LogP contribution < -0.4 is 0 Å². The summed E-state index contributed by atoms with van der Waals surface area (Å²) in [6, 6.07) is 6.81. The van der Waals surface area contributed by atoms with Gasteiger partial charge in [0.25, 0.3) is 10.0 Å². The Labute approximate surface area is 151 Å². The number of halogens is 1. The normalized spacial score (nSPS) is 12.5. The van der Waals surface area contributed by atoms with Gasteiger partial charge in [0.05, 0.1) is 6.20 Å². The molecule has 140 valence electrons. The molecule has 0 radical (unpaired) electrons. The molecule has 0 bridgehead atoms. The number of benzene rings is 1. The number of rotatable bonds is 6. The molecule has 0 unspecified atom stereocenters. The van der Waals surface area contributed by atoms with Crippen LogP contribution in [0.4, 0.5) is 4.39 Å². The third-order valence-corrected chi connectivity index (χ3v) is 6.83. The molecule has 0 N–H and O–H groups in total. The van der Waals surface area contributed by atoms with E-state index in [0.717, 1.165) is 14.8 Å². The Hall–Kier alpha value is -2.33. The molecule has 1 aromatic carbocycles. The Morgan fingerprint density at radius 3 is 2.23 bits per heavy atom. The lowest BCUT2D eigenvalue weighted by molar-refractivity contribution is 0.464. The monoisotopic (exact) mass is 401 g/mol. The number of nitrogens with zero attached hydrogens (tertiary/aromatic N) is 5. The summed E-state index contributed by atoms with van der Waals surface area (Å²) in [6.45, 7) is -0.0855. The predicted molar refractivity (Wildman–Crippen MR) is 90.0 cm³/mol. The van der Waals surface area contributed by atoms with Gasteiger partial charge in [0.2, 0.25) is 5.82 Å². The third-order valence-electron chi connectivity index (χ3n) is 3.46. The maximum absolute atomic E-state index is 13.0. The lowest BCUT2D eigenvalue weighted by Crippen LogP contribution is -2.29. The molecule has 0 spiro atoms. The summed E-state index contributed by atoms with van der Waals surface area (Å²) >= 11 is 0. The van der Waals surface area contributed by atoms with Gasteiger partial charge in [-0.15, -0.1) is 0 Å². The molecule has 0 atom stereocenters. The first-order chi connectivity index (χ1) is 12.0. The Bertz CT molecular complexity index is 1050. The Balaban J connectivity index is 2.42. The first-order valence-electron chi connectivity index (χ1n) is 7.13. The molecule has 0 fully saturated rings. The van der Waals surface area contributed by atoms with Crippen LogP contribution in [0.5, 0.6) is 0 Å². The van der Waals surface area contributed by atoms with Crippen LogP contribution in [0.2, 0.25) is 0 Å². The van der Waals surface area contributed by atoms with E-state index in [1.165, 1.54) is 45.4 Å². The van der Waals surface area contributed by atoms with E-state index in [2.05, 4.69) is 4.98 Å². The molecule has 2 rings (SSSR count). The molecule has 2 aromatic rings. The van der Waals surface area contributed by atoms with Gasteiger partial charge in [-0.3, -0.25) is 0 Å². The van der Waals surface area contributed by atoms with Crippen molar-refractivity contribution < 1.29 is 21.2 Å². The van der Waals surface area contributed by atoms with Gasteiger partial charge in [-0.05, 0) is 17.7 Å². The van der Waals surface area contributed by atoms with Crippen LogP contribution in [0.15, 0.2) is 35.5 Å². The summed E-state index contributed by atoms with van der Waals surface area (Å²) in [5.41, 5.74) is 0.526. The van der Waals surface area contributed by atoms with Gasteiger partial charge in [0.15, 0.2) is 5.03 Å². The van der Waals surface area contributed by atoms with Crippen LogP contribution in [0.1, 0.15) is 11.4 Å². The molecule has 0 amide bonds. The van der Waals surface area contributed by atoms with Gasteiger partial charge in [-0.25, -0.2) is 21.8 Å². The van der Waals surface area contributed by atoms with E-state index in [1.54, 1.807) is 6.07 Å². The second kappa shape index (κ2) is 7.12. The summed E-state index contributed by atoms with van der Waals surface area (Å²) in [4.78, 5) is 3.63. The van der Waals surface area contributed by atoms with Crippen molar-refractivity contribution in [3.8, 4) is 6.07 Å². The lowest BCUT2D eigenvalue weighted by atomic mass is 10.2. The zero-order chi connectivity index (χ0) is 19.7. The largest absolute Gasteiger partial charge is 0.309 e. The van der Waals surface area contributed by atoms with Crippen LogP contribution in [0.25, 0.3) is 0 Å². The Morgan fingerprint density at radius 2 is 1.73 bits per heavy atom. The highest BCUT2D eigenvalue weighted by molar-refractivity contribution is 7.89. The molecule has 0 aliphatic carbocycles. The maximum atomic E-state index is 13.0. The average molecular weight is 401 g/mol. The second-order valence-electron chi connectivity index (χ2n) is 5.49. The quantitative estimate of drug-likeness (QED) is 0.690. The van der Waals surface area contributed by atoms with Crippen LogP contribution in [0, 0.1) is 17.1 Å². The van der Waals surface area contributed by atoms with Crippen molar-refractivity contribution in [1.82, 2.24) is 17.6 Å². The molecule has 9 nitrogen and oxygen atoms in total. The van der Waals surface area contributed by atoms with E-state index in [0.29, 0.717) is 9.54 Å². The fourth-order valence-electron chi connectivity index (χ4n) is 1.99. The van der Waals surface area contributed by atoms with Crippen LogP contribution in [-0.4, -0.2) is 55.5 Å². The lowest BCUT2D eigenvalue weighted by Gasteiger charge is -2.15. The van der Waals surface area contributed by atoms with Crippen molar-refractivity contribution in [3.63, 3.8) is 0 Å². The van der Waals surface area contributed by atoms with E-state index in [1.807, 2.05) is 0 Å². The minimum absolute atomic E-state index is 0.0855. The highest BCUT2D eigenvalue weighted by atomic mass is 32.2. The standard InChI is InChI=1S/C14H16FN5O4S2/c1-18(2)26(23,24)20-10-14(17-13(20)8-16)25(21,22)19(3)9-11-4-6-12(15)7-5-11/h4-7,10H,9H2,1-3H3. The smallest absolute Gasteiger partial charge is 0.207 e. The van der Waals surface area contributed by atoms with Gasteiger partial charge in [-0.2, -0.15) is 22.3 Å². The molecular weight excluding hydrogens is 385 g/mol. The fraction of sp³-hybridized carbons (Fsp3) is 0.286. The minimum atomic E-state index is -4.17. The highest BCUT2D eigenvalue weighted by Crippen LogP contribution is 2.18. The molecule has 0 saturated carbocycles. The molecular formula is C14H16FN5O4S2. The van der Waals surface area contributed by atoms with Gasteiger partial charge in [0, 0.05) is 27.7 Å². The zero-order valence-corrected chi connectivity index (χ0v) is 15.8. The van der Waals surface area contributed by atoms with Crippen molar-refractivity contribution in [1.29, 1.82) is 5.26 Å². The Kier molecular flexibility index (Phi) is 5.47. The summed E-state index contributed by atoms with van der Waals surface area (Å²) in [6.07, 6.45) is 0.782. The van der Waals surface area contributed by atoms with Crippen LogP contribution in [0.3, 0.4) is 0 Å². The van der Waals surface area contributed by atoms with Crippen molar-refractivity contribution in [2.45, 2.75) is 11.6 Å². The Morgan fingerprint density at radius 1 is 1.15 bits per heavy atom. The van der Waals surface area contributed by atoms with E-state index in [4.69, 9.17) is 5.26 Å². The van der Waals surface area contributed by atoms with E-state index >= 15 is 0 Å². The van der Waals surface area contributed by atoms with E-state index in [-0.39, 0.29) is 6.54 Å². The number of hydrogen-bond donors (Lipinski definition) is 0. The molecule has 26 heavy (non-hydrogen) atoms. The van der Waals surface area contributed by atoms with Crippen molar-refractivity contribution >= 4 is 20.2 Å². The number of imidazole rings is 1. The number of hydrogen-bond acceptors (Lipinski definition) is 6. The van der Waals surface area contributed by atoms with E-state index in [9.17, 15) is 21.2 Å². The van der Waals surface area contributed by atoms with Gasteiger partial charge in [0.1, 0.15) is 11.9 Å². The average Bonchev–Trinajstić information content (AvgIpc) is 3.02. The minimum Gasteiger partial charge on any atom is -0.207 e. The van der Waals surface area contributed by atoms with Crippen molar-refractivity contribution in [2.24, 2.45) is 0 Å². The van der Waals surface area contributed by atoms with Crippen molar-refractivity contribution in [3.05, 3.63) is 47.7 Å². The van der Waals surface area contributed by atoms with Gasteiger partial charge >= 0.3 is 10.2 Å². The molecule has 0 aliphatic rings. The van der Waals surface area contributed by atoms with E-state index < -0.39 is 36.9 Å². The first kappa shape index (κ1) is 20.0. The number of sulfonamides is 1. The molecule has 0 aliphatic heterocycles. The van der Waals surface area contributed by atoms with Gasteiger partial charge < -0.3 is 0 Å². The summed E-state index contributed by atoms with van der Waals surface area (Å²) in [5, 5.41) is 8.50. The summed E-state index contributed by atoms with van der Waals surface area (Å²) in [5.74, 6) is -1.03. The third kappa shape index (κ3) is 3.75. The molecule has 12 heteroatoms. The summed E-state index contributed by atoms with van der Waals surface area (Å²) in [7, 11) is -4.53. The molecule has 1 heterocycles. The summed E-state index contributed by atoms with van der Waals surface area (Å²) < 4.78 is 64.9. The number of nitriles is 1. The van der Waals surface area contributed by atoms with Crippen LogP contribution in [-0.2, 0) is 26.8 Å². The van der Waals surface area contributed by atoms with Crippen molar-refractivity contribution in [2.75, 3.05) is 21.1 Å². The second-order valence-corrected chi connectivity index (χ2v) is 9.50. The first-order valence-corrected chi connectivity index (χ1v) is 9.97. The predicted octanol–water partition coefficient (Wildman–Crippen LogP) is 0.369. The van der Waals surface area contributed by atoms with Gasteiger partial charge in [-0.1, -0.05) is 12.1 Å². The zero-order valence-electron chi connectivity index (χ0n) is 14.2. The maximum Gasteiger partial charge on any atom is 0.309 e. The highest BCUT2D eigenvalue weighted by Gasteiger charge is 2.29. The molecule has 1 aromatic heterocycles.